The Morgan fingerprint density at radius 2 is 1.95 bits per heavy atom. The highest BCUT2D eigenvalue weighted by atomic mass is 19.1. The molecular weight excluding hydrogens is 255 g/mol. The predicted molar refractivity (Wildman–Crippen MR) is 80.0 cm³/mol. The van der Waals surface area contributed by atoms with Gasteiger partial charge in [-0.15, -0.1) is 0 Å². The summed E-state index contributed by atoms with van der Waals surface area (Å²) in [7, 11) is 0. The summed E-state index contributed by atoms with van der Waals surface area (Å²) in [6, 6.07) is 6.42. The molecule has 0 heterocycles. The summed E-state index contributed by atoms with van der Waals surface area (Å²) in [5.41, 5.74) is 0.930. The lowest BCUT2D eigenvalue weighted by molar-refractivity contribution is -0.123. The van der Waals surface area contributed by atoms with Gasteiger partial charge in [0.2, 0.25) is 5.91 Å². The van der Waals surface area contributed by atoms with E-state index in [1.165, 1.54) is 12.1 Å². The van der Waals surface area contributed by atoms with Crippen LogP contribution in [0, 0.1) is 11.7 Å². The Kier molecular flexibility index (Phi) is 6.65. The minimum atomic E-state index is -0.252. The monoisotopic (exact) mass is 280 g/mol. The van der Waals surface area contributed by atoms with Crippen LogP contribution in [0.4, 0.5) is 4.39 Å². The molecule has 0 spiro atoms. The fraction of sp³-hybridized carbons (Fsp3) is 0.562. The van der Waals surface area contributed by atoms with Crippen molar-refractivity contribution in [1.82, 2.24) is 10.6 Å². The number of nitrogens with one attached hydrogen (secondary N) is 2. The minimum absolute atomic E-state index is 0.00444. The average molecular weight is 280 g/mol. The molecule has 1 amide bonds. The number of benzene rings is 1. The highest BCUT2D eigenvalue weighted by Crippen LogP contribution is 2.06. The van der Waals surface area contributed by atoms with Crippen LogP contribution < -0.4 is 10.6 Å². The van der Waals surface area contributed by atoms with Crippen molar-refractivity contribution in [3.8, 4) is 0 Å². The first kappa shape index (κ1) is 16.6. The number of halogens is 1. The standard InChI is InChI=1S/C16H25FN2O/c1-11(2)10-18-16(20)13(4)19-12(3)8-14-6-5-7-15(17)9-14/h5-7,9,11-13,19H,8,10H2,1-4H3,(H,18,20). The van der Waals surface area contributed by atoms with E-state index in [2.05, 4.69) is 24.5 Å². The van der Waals surface area contributed by atoms with Gasteiger partial charge in [0.05, 0.1) is 6.04 Å². The van der Waals surface area contributed by atoms with Gasteiger partial charge in [-0.3, -0.25) is 4.79 Å². The van der Waals surface area contributed by atoms with Crippen molar-refractivity contribution in [3.05, 3.63) is 35.6 Å². The van der Waals surface area contributed by atoms with Gasteiger partial charge in [0, 0.05) is 12.6 Å². The molecule has 2 N–H and O–H groups in total. The molecule has 1 rings (SSSR count). The summed E-state index contributed by atoms with van der Waals surface area (Å²) in [4.78, 5) is 11.9. The lowest BCUT2D eigenvalue weighted by atomic mass is 10.1. The number of hydrogen-bond donors (Lipinski definition) is 2. The second kappa shape index (κ2) is 8.00. The molecule has 112 valence electrons. The third-order valence-electron chi connectivity index (χ3n) is 3.04. The second-order valence-corrected chi connectivity index (χ2v) is 5.76. The molecule has 0 aliphatic heterocycles. The summed E-state index contributed by atoms with van der Waals surface area (Å²) in [5.74, 6) is 0.220. The Balaban J connectivity index is 2.41. The Morgan fingerprint density at radius 1 is 1.25 bits per heavy atom. The molecule has 20 heavy (non-hydrogen) atoms. The Labute approximate surface area is 121 Å². The molecule has 2 unspecified atom stereocenters. The zero-order chi connectivity index (χ0) is 15.1. The van der Waals surface area contributed by atoms with Gasteiger partial charge in [-0.25, -0.2) is 4.39 Å². The summed E-state index contributed by atoms with van der Waals surface area (Å²) in [5, 5.41) is 6.14. The van der Waals surface area contributed by atoms with E-state index in [-0.39, 0.29) is 23.8 Å². The first-order valence-electron chi connectivity index (χ1n) is 7.16. The van der Waals surface area contributed by atoms with E-state index in [1.807, 2.05) is 19.9 Å². The average Bonchev–Trinajstić information content (AvgIpc) is 2.35. The van der Waals surface area contributed by atoms with Crippen LogP contribution in [0.5, 0.6) is 0 Å². The maximum absolute atomic E-state index is 13.1. The van der Waals surface area contributed by atoms with E-state index in [4.69, 9.17) is 0 Å². The van der Waals surface area contributed by atoms with Crippen LogP contribution in [0.25, 0.3) is 0 Å². The van der Waals surface area contributed by atoms with Gasteiger partial charge in [-0.1, -0.05) is 26.0 Å². The maximum Gasteiger partial charge on any atom is 0.236 e. The van der Waals surface area contributed by atoms with Gasteiger partial charge in [-0.2, -0.15) is 0 Å². The van der Waals surface area contributed by atoms with Crippen molar-refractivity contribution >= 4 is 5.91 Å². The molecule has 0 bridgehead atoms. The molecule has 0 fully saturated rings. The molecule has 1 aromatic carbocycles. The number of amides is 1. The number of carbonyl (C=O) groups is 1. The minimum Gasteiger partial charge on any atom is -0.354 e. The van der Waals surface area contributed by atoms with Gasteiger partial charge < -0.3 is 10.6 Å². The summed E-state index contributed by atoms with van der Waals surface area (Å²) in [6.45, 7) is 8.65. The highest BCUT2D eigenvalue weighted by molar-refractivity contribution is 5.81. The molecule has 4 heteroatoms. The fourth-order valence-corrected chi connectivity index (χ4v) is 2.04. The summed E-state index contributed by atoms with van der Waals surface area (Å²) < 4.78 is 13.1. The normalized spacial score (nSPS) is 14.1. The molecule has 2 atom stereocenters. The van der Waals surface area contributed by atoms with E-state index in [0.717, 1.165) is 5.56 Å². The van der Waals surface area contributed by atoms with Gasteiger partial charge >= 0.3 is 0 Å². The van der Waals surface area contributed by atoms with Crippen molar-refractivity contribution in [1.29, 1.82) is 0 Å². The quantitative estimate of drug-likeness (QED) is 0.806. The van der Waals surface area contributed by atoms with Crippen LogP contribution >= 0.6 is 0 Å². The number of rotatable bonds is 7. The summed E-state index contributed by atoms with van der Waals surface area (Å²) in [6.07, 6.45) is 0.694. The van der Waals surface area contributed by atoms with Gasteiger partial charge in [0.15, 0.2) is 0 Å². The Hall–Kier alpha value is -1.42. The lowest BCUT2D eigenvalue weighted by Gasteiger charge is -2.20. The molecule has 0 saturated carbocycles. The lowest BCUT2D eigenvalue weighted by Crippen LogP contribution is -2.47. The first-order valence-corrected chi connectivity index (χ1v) is 7.16. The van der Waals surface area contributed by atoms with Gasteiger partial charge in [0.25, 0.3) is 0 Å². The van der Waals surface area contributed by atoms with Crippen LogP contribution in [0.1, 0.15) is 33.3 Å². The zero-order valence-corrected chi connectivity index (χ0v) is 12.7. The topological polar surface area (TPSA) is 41.1 Å². The van der Waals surface area contributed by atoms with Crippen LogP contribution in [0.15, 0.2) is 24.3 Å². The van der Waals surface area contributed by atoms with E-state index in [1.54, 1.807) is 6.07 Å². The molecule has 1 aromatic rings. The molecular formula is C16H25FN2O. The van der Waals surface area contributed by atoms with Crippen LogP contribution in [-0.4, -0.2) is 24.5 Å². The molecule has 3 nitrogen and oxygen atoms in total. The van der Waals surface area contributed by atoms with Gasteiger partial charge in [0.1, 0.15) is 5.82 Å². The van der Waals surface area contributed by atoms with Gasteiger partial charge in [-0.05, 0) is 43.9 Å². The van der Waals surface area contributed by atoms with Crippen molar-refractivity contribution in [2.45, 2.75) is 46.2 Å². The van der Waals surface area contributed by atoms with Crippen molar-refractivity contribution in [2.75, 3.05) is 6.54 Å². The predicted octanol–water partition coefficient (Wildman–Crippen LogP) is 2.51. The van der Waals surface area contributed by atoms with E-state index < -0.39 is 0 Å². The molecule has 0 aliphatic rings. The van der Waals surface area contributed by atoms with E-state index in [0.29, 0.717) is 18.9 Å². The highest BCUT2D eigenvalue weighted by Gasteiger charge is 2.15. The fourth-order valence-electron chi connectivity index (χ4n) is 2.04. The van der Waals surface area contributed by atoms with Crippen LogP contribution in [0.3, 0.4) is 0 Å². The third kappa shape index (κ3) is 6.15. The Morgan fingerprint density at radius 3 is 2.55 bits per heavy atom. The second-order valence-electron chi connectivity index (χ2n) is 5.76. The maximum atomic E-state index is 13.1. The zero-order valence-electron chi connectivity index (χ0n) is 12.7. The largest absolute Gasteiger partial charge is 0.354 e. The van der Waals surface area contributed by atoms with Crippen molar-refractivity contribution in [2.24, 2.45) is 5.92 Å². The molecule has 0 saturated heterocycles. The molecule has 0 aliphatic carbocycles. The van der Waals surface area contributed by atoms with Crippen LogP contribution in [0.2, 0.25) is 0 Å². The van der Waals surface area contributed by atoms with E-state index in [9.17, 15) is 9.18 Å². The van der Waals surface area contributed by atoms with E-state index >= 15 is 0 Å². The molecule has 0 aromatic heterocycles. The van der Waals surface area contributed by atoms with Crippen LogP contribution in [-0.2, 0) is 11.2 Å². The molecule has 0 radical (unpaired) electrons. The first-order chi connectivity index (χ1) is 9.38. The van der Waals surface area contributed by atoms with Crippen molar-refractivity contribution in [3.63, 3.8) is 0 Å². The summed E-state index contributed by atoms with van der Waals surface area (Å²) >= 11 is 0. The third-order valence-corrected chi connectivity index (χ3v) is 3.04. The smallest absolute Gasteiger partial charge is 0.236 e. The van der Waals surface area contributed by atoms with Crippen molar-refractivity contribution < 1.29 is 9.18 Å². The number of hydrogen-bond acceptors (Lipinski definition) is 2. The Bertz CT molecular complexity index is 434. The number of carbonyl (C=O) groups excluding carboxylic acids is 1. The SMILES string of the molecule is CC(C)CNC(=O)C(C)NC(C)Cc1cccc(F)c1.